The topological polar surface area (TPSA) is 38.0 Å². The smallest absolute Gasteiger partial charge is 0.0537 e. The molecule has 0 aliphatic carbocycles. The average Bonchev–Trinajstić information content (AvgIpc) is 2.05. The summed E-state index contributed by atoms with van der Waals surface area (Å²) in [7, 11) is 0. The first-order chi connectivity index (χ1) is 6.04. The van der Waals surface area contributed by atoms with E-state index in [0.717, 1.165) is 6.54 Å². The molecule has 0 saturated carbocycles. The molecule has 0 radical (unpaired) electrons. The normalized spacial score (nSPS) is 17.5. The Kier molecular flexibility index (Phi) is 5.91. The van der Waals surface area contributed by atoms with Gasteiger partial charge in [-0.05, 0) is 12.5 Å². The van der Waals surface area contributed by atoms with E-state index in [1.807, 2.05) is 6.08 Å². The van der Waals surface area contributed by atoms with E-state index in [9.17, 15) is 0 Å². The van der Waals surface area contributed by atoms with Crippen LogP contribution in [0.25, 0.3) is 0 Å². The number of thiol groups is 1. The molecule has 3 N–H and O–H groups in total. The molecule has 0 heterocycles. The summed E-state index contributed by atoms with van der Waals surface area (Å²) < 4.78 is 0. The Hall–Kier alpha value is -0.410. The molecular weight excluding hydrogens is 180 g/mol. The van der Waals surface area contributed by atoms with Crippen molar-refractivity contribution in [2.45, 2.75) is 19.2 Å². The third-order valence-electron chi connectivity index (χ3n) is 2.16. The zero-order valence-corrected chi connectivity index (χ0v) is 9.35. The van der Waals surface area contributed by atoms with Crippen LogP contribution in [0.1, 0.15) is 13.8 Å². The van der Waals surface area contributed by atoms with Crippen molar-refractivity contribution < 1.29 is 0 Å². The molecule has 0 rings (SSSR count). The minimum Gasteiger partial charge on any atom is -0.402 e. The maximum absolute atomic E-state index is 5.65. The molecule has 0 aromatic carbocycles. The third-order valence-corrected chi connectivity index (χ3v) is 2.81. The van der Waals surface area contributed by atoms with Gasteiger partial charge in [0.25, 0.3) is 0 Å². The van der Waals surface area contributed by atoms with Crippen LogP contribution in [0.5, 0.6) is 0 Å². The lowest BCUT2D eigenvalue weighted by Gasteiger charge is -2.26. The number of allylic oxidation sites excluding steroid dienone is 1. The quantitative estimate of drug-likeness (QED) is 0.347. The van der Waals surface area contributed by atoms with Crippen LogP contribution in [-0.2, 0) is 0 Å². The first kappa shape index (κ1) is 12.6. The highest BCUT2D eigenvalue weighted by Gasteiger charge is 2.21. The molecule has 76 valence electrons. The summed E-state index contributed by atoms with van der Waals surface area (Å²) in [4.78, 5) is 0. The maximum atomic E-state index is 5.65. The summed E-state index contributed by atoms with van der Waals surface area (Å²) in [6, 6.07) is 0. The Bertz CT molecular complexity index is 180. The molecule has 0 aliphatic heterocycles. The average molecular weight is 200 g/mol. The Morgan fingerprint density at radius 2 is 2.23 bits per heavy atom. The first-order valence-electron chi connectivity index (χ1n) is 4.52. The van der Waals surface area contributed by atoms with Gasteiger partial charge in [-0.2, -0.15) is 12.6 Å². The zero-order valence-electron chi connectivity index (χ0n) is 8.46. The molecule has 0 saturated heterocycles. The highest BCUT2D eigenvalue weighted by Crippen LogP contribution is 2.22. The molecule has 0 aromatic heterocycles. The highest BCUT2D eigenvalue weighted by atomic mass is 32.1. The molecule has 13 heavy (non-hydrogen) atoms. The molecule has 3 unspecified atom stereocenters. The van der Waals surface area contributed by atoms with E-state index in [2.05, 4.69) is 45.0 Å². The minimum atomic E-state index is 0.126. The molecule has 0 bridgehead atoms. The van der Waals surface area contributed by atoms with Gasteiger partial charge in [-0.25, -0.2) is 0 Å². The summed E-state index contributed by atoms with van der Waals surface area (Å²) in [6.07, 6.45) is 1.83. The summed E-state index contributed by atoms with van der Waals surface area (Å²) in [5.74, 6) is 0.430. The van der Waals surface area contributed by atoms with E-state index in [0.29, 0.717) is 11.6 Å². The number of hydrogen-bond donors (Lipinski definition) is 3. The van der Waals surface area contributed by atoms with Gasteiger partial charge in [0.2, 0.25) is 0 Å². The van der Waals surface area contributed by atoms with Crippen LogP contribution in [0.2, 0.25) is 0 Å². The van der Waals surface area contributed by atoms with Gasteiger partial charge in [0.15, 0.2) is 0 Å². The molecule has 0 aromatic rings. The molecule has 3 atom stereocenters. The van der Waals surface area contributed by atoms with E-state index in [1.54, 1.807) is 0 Å². The van der Waals surface area contributed by atoms with Crippen molar-refractivity contribution >= 4 is 12.6 Å². The van der Waals surface area contributed by atoms with Gasteiger partial charge in [0, 0.05) is 11.6 Å². The lowest BCUT2D eigenvalue weighted by Crippen LogP contribution is -2.35. The van der Waals surface area contributed by atoms with Gasteiger partial charge in [-0.1, -0.05) is 26.5 Å². The zero-order chi connectivity index (χ0) is 10.4. The summed E-state index contributed by atoms with van der Waals surface area (Å²) in [6.45, 7) is 12.5. The number of hydrogen-bond acceptors (Lipinski definition) is 3. The van der Waals surface area contributed by atoms with Crippen LogP contribution >= 0.6 is 12.6 Å². The molecule has 0 spiro atoms. The van der Waals surface area contributed by atoms with E-state index in [4.69, 9.17) is 5.73 Å². The summed E-state index contributed by atoms with van der Waals surface area (Å²) >= 11 is 4.44. The predicted molar refractivity (Wildman–Crippen MR) is 62.6 cm³/mol. The largest absolute Gasteiger partial charge is 0.402 e. The Morgan fingerprint density at radius 3 is 2.54 bits per heavy atom. The highest BCUT2D eigenvalue weighted by molar-refractivity contribution is 7.80. The summed E-state index contributed by atoms with van der Waals surface area (Å²) in [5, 5.41) is 3.37. The molecule has 0 aliphatic rings. The van der Waals surface area contributed by atoms with E-state index >= 15 is 0 Å². The minimum absolute atomic E-state index is 0.126. The van der Waals surface area contributed by atoms with Crippen LogP contribution < -0.4 is 11.1 Å². The standard InChI is InChI=1S/C10H20N2S/c1-5-9(8(4)11)7(3)10(13)12-6-2/h5,7,9-10,12-13H,1,4,6,11H2,2-3H3. The molecular formula is C10H20N2S. The van der Waals surface area contributed by atoms with Gasteiger partial charge in [-0.3, -0.25) is 0 Å². The van der Waals surface area contributed by atoms with Gasteiger partial charge in [0.05, 0.1) is 5.37 Å². The monoisotopic (exact) mass is 200 g/mol. The molecule has 0 fully saturated rings. The first-order valence-corrected chi connectivity index (χ1v) is 5.04. The van der Waals surface area contributed by atoms with Crippen LogP contribution in [0.15, 0.2) is 24.9 Å². The number of rotatable bonds is 6. The molecule has 2 nitrogen and oxygen atoms in total. The van der Waals surface area contributed by atoms with Crippen molar-refractivity contribution in [3.05, 3.63) is 24.9 Å². The maximum Gasteiger partial charge on any atom is 0.0537 e. The van der Waals surface area contributed by atoms with E-state index < -0.39 is 0 Å². The van der Waals surface area contributed by atoms with E-state index in [1.165, 1.54) is 0 Å². The molecule has 3 heteroatoms. The summed E-state index contributed by atoms with van der Waals surface area (Å²) in [5.41, 5.74) is 6.31. The van der Waals surface area contributed by atoms with Crippen molar-refractivity contribution in [1.29, 1.82) is 0 Å². The van der Waals surface area contributed by atoms with Crippen LogP contribution in [-0.4, -0.2) is 11.9 Å². The Morgan fingerprint density at radius 1 is 1.69 bits per heavy atom. The number of nitrogens with one attached hydrogen (secondary N) is 1. The van der Waals surface area contributed by atoms with Gasteiger partial charge >= 0.3 is 0 Å². The molecule has 0 amide bonds. The van der Waals surface area contributed by atoms with Crippen molar-refractivity contribution in [3.63, 3.8) is 0 Å². The van der Waals surface area contributed by atoms with Gasteiger partial charge < -0.3 is 11.1 Å². The van der Waals surface area contributed by atoms with Gasteiger partial charge in [-0.15, -0.1) is 6.58 Å². The fourth-order valence-corrected chi connectivity index (χ4v) is 1.66. The van der Waals surface area contributed by atoms with Gasteiger partial charge in [0.1, 0.15) is 0 Å². The Balaban J connectivity index is 4.26. The van der Waals surface area contributed by atoms with Crippen molar-refractivity contribution in [1.82, 2.24) is 5.32 Å². The second-order valence-electron chi connectivity index (χ2n) is 3.20. The number of nitrogens with two attached hydrogens (primary N) is 1. The van der Waals surface area contributed by atoms with Crippen LogP contribution in [0, 0.1) is 11.8 Å². The fourth-order valence-electron chi connectivity index (χ4n) is 1.30. The second kappa shape index (κ2) is 6.11. The van der Waals surface area contributed by atoms with Crippen molar-refractivity contribution in [2.24, 2.45) is 17.6 Å². The SMILES string of the molecule is C=CC(C(=C)N)C(C)C(S)NCC. The van der Waals surface area contributed by atoms with Crippen LogP contribution in [0.3, 0.4) is 0 Å². The second-order valence-corrected chi connectivity index (χ2v) is 3.75. The Labute approximate surface area is 86.7 Å². The lowest BCUT2D eigenvalue weighted by molar-refractivity contribution is 0.419. The lowest BCUT2D eigenvalue weighted by atomic mass is 9.91. The predicted octanol–water partition coefficient (Wildman–Crippen LogP) is 1.76. The van der Waals surface area contributed by atoms with Crippen LogP contribution in [0.4, 0.5) is 0 Å². The third kappa shape index (κ3) is 3.87. The van der Waals surface area contributed by atoms with E-state index in [-0.39, 0.29) is 11.3 Å². The van der Waals surface area contributed by atoms with Crippen molar-refractivity contribution in [2.75, 3.05) is 6.54 Å². The fraction of sp³-hybridized carbons (Fsp3) is 0.600. The van der Waals surface area contributed by atoms with Crippen molar-refractivity contribution in [3.8, 4) is 0 Å².